The molecule has 3 aromatic rings. The second-order valence-corrected chi connectivity index (χ2v) is 8.37. The van der Waals surface area contributed by atoms with Crippen LogP contribution in [0, 0.1) is 12.8 Å². The Hall–Kier alpha value is -2.93. The van der Waals surface area contributed by atoms with Crippen LogP contribution in [0.3, 0.4) is 0 Å². The van der Waals surface area contributed by atoms with E-state index in [1.54, 1.807) is 10.6 Å². The molecule has 0 saturated carbocycles. The molecule has 0 fully saturated rings. The highest BCUT2D eigenvalue weighted by Crippen LogP contribution is 2.47. The molecule has 2 aliphatic rings. The average Bonchev–Trinajstić information content (AvgIpc) is 3.16. The SMILES string of the molecule is CC(=O)[C@H]1[C@@H]2c3ccccc3O[C@@]1(C)N=c1s/c(=C/c3ccc(C)o3)c(=O)n12. The number of fused-ring (bicyclic) bond motifs is 6. The van der Waals surface area contributed by atoms with Gasteiger partial charge in [0.15, 0.2) is 4.80 Å². The smallest absolute Gasteiger partial charge is 0.271 e. The Labute approximate surface area is 164 Å². The summed E-state index contributed by atoms with van der Waals surface area (Å²) in [5.74, 6) is 1.43. The molecular formula is C21H18N2O4S. The van der Waals surface area contributed by atoms with Gasteiger partial charge in [-0.05, 0) is 39.0 Å². The molecule has 142 valence electrons. The Morgan fingerprint density at radius 1 is 1.29 bits per heavy atom. The third-order valence-corrected chi connectivity index (χ3v) is 6.34. The third-order valence-electron chi connectivity index (χ3n) is 5.35. The number of ketones is 1. The number of furan rings is 1. The van der Waals surface area contributed by atoms with Crippen LogP contribution in [-0.2, 0) is 4.79 Å². The molecule has 6 nitrogen and oxygen atoms in total. The highest BCUT2D eigenvalue weighted by Gasteiger charge is 2.53. The number of nitrogens with zero attached hydrogens (tertiary/aromatic N) is 2. The minimum atomic E-state index is -1.04. The summed E-state index contributed by atoms with van der Waals surface area (Å²) in [5.41, 5.74) is -0.384. The molecule has 7 heteroatoms. The van der Waals surface area contributed by atoms with E-state index in [-0.39, 0.29) is 11.3 Å². The fourth-order valence-electron chi connectivity index (χ4n) is 4.22. The van der Waals surface area contributed by atoms with Crippen LogP contribution in [0.5, 0.6) is 5.75 Å². The van der Waals surface area contributed by atoms with Crippen molar-refractivity contribution in [3.8, 4) is 5.75 Å². The molecule has 0 N–H and O–H groups in total. The predicted molar refractivity (Wildman–Crippen MR) is 104 cm³/mol. The van der Waals surface area contributed by atoms with E-state index in [4.69, 9.17) is 14.1 Å². The molecule has 0 saturated heterocycles. The topological polar surface area (TPSA) is 73.8 Å². The van der Waals surface area contributed by atoms with Crippen LogP contribution in [0.4, 0.5) is 0 Å². The van der Waals surface area contributed by atoms with Crippen molar-refractivity contribution in [2.75, 3.05) is 0 Å². The third kappa shape index (κ3) is 2.36. The summed E-state index contributed by atoms with van der Waals surface area (Å²) in [6.07, 6.45) is 1.72. The van der Waals surface area contributed by atoms with E-state index >= 15 is 0 Å². The van der Waals surface area contributed by atoms with E-state index in [0.717, 1.165) is 11.3 Å². The van der Waals surface area contributed by atoms with E-state index in [2.05, 4.69) is 0 Å². The lowest BCUT2D eigenvalue weighted by molar-refractivity contribution is -0.132. The van der Waals surface area contributed by atoms with Gasteiger partial charge in [-0.2, -0.15) is 0 Å². The van der Waals surface area contributed by atoms with Gasteiger partial charge >= 0.3 is 0 Å². The van der Waals surface area contributed by atoms with Crippen LogP contribution in [-0.4, -0.2) is 16.1 Å². The number of thiazole rings is 1. The second-order valence-electron chi connectivity index (χ2n) is 7.36. The van der Waals surface area contributed by atoms with E-state index < -0.39 is 17.7 Å². The first kappa shape index (κ1) is 17.2. The number of carbonyl (C=O) groups is 1. The molecule has 2 aromatic heterocycles. The number of ether oxygens (including phenoxy) is 1. The van der Waals surface area contributed by atoms with Crippen LogP contribution in [0.25, 0.3) is 6.08 Å². The standard InChI is InChI=1S/C21H18N2O4S/c1-11-8-9-13(26-11)10-16-19(25)23-18-14-6-4-5-7-15(14)27-21(3,17(18)12(2)24)22-20(23)28-16/h4-10,17-18H,1-3H3/b16-10+/t17-,18-,21+/m0/s1. The number of aryl methyl sites for hydroxylation is 1. The zero-order valence-corrected chi connectivity index (χ0v) is 16.4. The Bertz CT molecular complexity index is 1300. The summed E-state index contributed by atoms with van der Waals surface area (Å²) in [7, 11) is 0. The maximum atomic E-state index is 13.3. The average molecular weight is 394 g/mol. The van der Waals surface area contributed by atoms with Crippen molar-refractivity contribution in [1.82, 2.24) is 4.57 Å². The maximum Gasteiger partial charge on any atom is 0.271 e. The van der Waals surface area contributed by atoms with Gasteiger partial charge in [0.05, 0.1) is 10.6 Å². The summed E-state index contributed by atoms with van der Waals surface area (Å²) in [6, 6.07) is 10.8. The van der Waals surface area contributed by atoms with Crippen molar-refractivity contribution in [1.29, 1.82) is 0 Å². The van der Waals surface area contributed by atoms with Crippen molar-refractivity contribution in [2.45, 2.75) is 32.5 Å². The Morgan fingerprint density at radius 2 is 2.07 bits per heavy atom. The number of hydrogen-bond acceptors (Lipinski definition) is 6. The number of Topliss-reactive ketones (excluding diaryl/α,β-unsaturated/α-hetero) is 1. The largest absolute Gasteiger partial charge is 0.465 e. The molecule has 0 spiro atoms. The fraction of sp³-hybridized carbons (Fsp3) is 0.286. The van der Waals surface area contributed by atoms with Crippen LogP contribution in [0.1, 0.15) is 37.0 Å². The van der Waals surface area contributed by atoms with Gasteiger partial charge in [-0.3, -0.25) is 14.2 Å². The lowest BCUT2D eigenvalue weighted by Crippen LogP contribution is -2.58. The molecule has 0 unspecified atom stereocenters. The summed E-state index contributed by atoms with van der Waals surface area (Å²) in [5, 5.41) is 0. The number of carbonyl (C=O) groups excluding carboxylic acids is 1. The molecule has 0 amide bonds. The predicted octanol–water partition coefficient (Wildman–Crippen LogP) is 2.18. The van der Waals surface area contributed by atoms with Crippen LogP contribution in [0.15, 0.2) is 50.6 Å². The van der Waals surface area contributed by atoms with Gasteiger partial charge in [0.1, 0.15) is 29.0 Å². The molecule has 5 rings (SSSR count). The number of aromatic nitrogens is 1. The molecule has 2 aliphatic heterocycles. The Kier molecular flexibility index (Phi) is 3.55. The van der Waals surface area contributed by atoms with Crippen molar-refractivity contribution in [2.24, 2.45) is 10.9 Å². The van der Waals surface area contributed by atoms with Gasteiger partial charge in [0.25, 0.3) is 5.56 Å². The van der Waals surface area contributed by atoms with Gasteiger partial charge in [0.2, 0.25) is 5.72 Å². The molecule has 4 heterocycles. The van der Waals surface area contributed by atoms with Gasteiger partial charge in [-0.25, -0.2) is 4.99 Å². The zero-order valence-electron chi connectivity index (χ0n) is 15.6. The second kappa shape index (κ2) is 5.78. The first-order chi connectivity index (χ1) is 13.4. The molecule has 3 atom stereocenters. The number of rotatable bonds is 2. The van der Waals surface area contributed by atoms with Crippen LogP contribution in [0.2, 0.25) is 0 Å². The Morgan fingerprint density at radius 3 is 2.79 bits per heavy atom. The first-order valence-electron chi connectivity index (χ1n) is 9.05. The molecule has 28 heavy (non-hydrogen) atoms. The van der Waals surface area contributed by atoms with Gasteiger partial charge in [-0.1, -0.05) is 29.5 Å². The molecule has 2 bridgehead atoms. The van der Waals surface area contributed by atoms with Crippen molar-refractivity contribution < 1.29 is 13.9 Å². The molecule has 0 aliphatic carbocycles. The lowest BCUT2D eigenvalue weighted by Gasteiger charge is -2.45. The van der Waals surface area contributed by atoms with E-state index in [9.17, 15) is 9.59 Å². The highest BCUT2D eigenvalue weighted by atomic mass is 32.1. The first-order valence-corrected chi connectivity index (χ1v) is 9.87. The minimum absolute atomic E-state index is 0.0540. The van der Waals surface area contributed by atoms with Crippen molar-refractivity contribution in [3.05, 3.63) is 73.2 Å². The van der Waals surface area contributed by atoms with Gasteiger partial charge in [0, 0.05) is 11.6 Å². The summed E-state index contributed by atoms with van der Waals surface area (Å²) < 4.78 is 13.9. The molecular weight excluding hydrogens is 376 g/mol. The van der Waals surface area contributed by atoms with Crippen LogP contribution < -0.4 is 19.6 Å². The fourth-order valence-corrected chi connectivity index (χ4v) is 5.30. The Balaban J connectivity index is 1.82. The minimum Gasteiger partial charge on any atom is -0.465 e. The molecule has 1 aromatic carbocycles. The maximum absolute atomic E-state index is 13.3. The number of hydrogen-bond donors (Lipinski definition) is 0. The normalized spacial score (nSPS) is 25.5. The van der Waals surface area contributed by atoms with Gasteiger partial charge in [-0.15, -0.1) is 0 Å². The summed E-state index contributed by atoms with van der Waals surface area (Å²) >= 11 is 1.29. The quantitative estimate of drug-likeness (QED) is 0.668. The molecule has 0 radical (unpaired) electrons. The van der Waals surface area contributed by atoms with E-state index in [1.807, 2.05) is 50.2 Å². The summed E-state index contributed by atoms with van der Waals surface area (Å²) in [6.45, 7) is 5.20. The summed E-state index contributed by atoms with van der Waals surface area (Å²) in [4.78, 5) is 31.1. The monoisotopic (exact) mass is 394 g/mol. The lowest BCUT2D eigenvalue weighted by atomic mass is 9.79. The van der Waals surface area contributed by atoms with Crippen molar-refractivity contribution in [3.63, 3.8) is 0 Å². The zero-order chi connectivity index (χ0) is 19.6. The number of benzene rings is 1. The van der Waals surface area contributed by atoms with Gasteiger partial charge < -0.3 is 9.15 Å². The highest BCUT2D eigenvalue weighted by molar-refractivity contribution is 7.07. The van der Waals surface area contributed by atoms with Crippen LogP contribution >= 0.6 is 11.3 Å². The number of para-hydroxylation sites is 1. The van der Waals surface area contributed by atoms with Crippen molar-refractivity contribution >= 4 is 23.2 Å². The van der Waals surface area contributed by atoms with E-state index in [1.165, 1.54) is 18.3 Å². The van der Waals surface area contributed by atoms with E-state index in [0.29, 0.717) is 20.8 Å².